The Morgan fingerprint density at radius 1 is 1.53 bits per heavy atom. The summed E-state index contributed by atoms with van der Waals surface area (Å²) in [7, 11) is 0. The maximum absolute atomic E-state index is 10.8. The summed E-state index contributed by atoms with van der Waals surface area (Å²) >= 11 is 10.4. The van der Waals surface area contributed by atoms with Gasteiger partial charge in [-0.2, -0.15) is 0 Å². The molecule has 0 aliphatic carbocycles. The molecule has 7 heteroatoms. The Kier molecular flexibility index (Phi) is 3.37. The number of anilines is 1. The Bertz CT molecular complexity index is 600. The first-order chi connectivity index (χ1) is 7.99. The van der Waals surface area contributed by atoms with Gasteiger partial charge < -0.3 is 10.8 Å². The van der Waals surface area contributed by atoms with E-state index in [2.05, 4.69) is 20.9 Å². The summed E-state index contributed by atoms with van der Waals surface area (Å²) in [6.07, 6.45) is 0. The first kappa shape index (κ1) is 12.3. The van der Waals surface area contributed by atoms with Crippen molar-refractivity contribution >= 4 is 49.8 Å². The van der Waals surface area contributed by atoms with Gasteiger partial charge >= 0.3 is 5.97 Å². The number of thiazole rings is 1. The molecule has 0 saturated carbocycles. The number of halogens is 2. The summed E-state index contributed by atoms with van der Waals surface area (Å²) in [5.41, 5.74) is 6.11. The van der Waals surface area contributed by atoms with Gasteiger partial charge in [0, 0.05) is 10.0 Å². The van der Waals surface area contributed by atoms with Crippen molar-refractivity contribution in [2.75, 3.05) is 5.73 Å². The summed E-state index contributed by atoms with van der Waals surface area (Å²) in [5, 5.41) is 10.0. The molecule has 0 amide bonds. The van der Waals surface area contributed by atoms with Gasteiger partial charge in [0.25, 0.3) is 0 Å². The second-order valence-electron chi connectivity index (χ2n) is 3.16. The zero-order chi connectivity index (χ0) is 12.6. The number of nitrogens with zero attached hydrogens (tertiary/aromatic N) is 1. The van der Waals surface area contributed by atoms with Crippen LogP contribution in [-0.4, -0.2) is 16.1 Å². The van der Waals surface area contributed by atoms with Gasteiger partial charge in [0.05, 0.1) is 5.02 Å². The second kappa shape index (κ2) is 4.64. The average Bonchev–Trinajstić information content (AvgIpc) is 2.60. The van der Waals surface area contributed by atoms with Crippen LogP contribution in [0.2, 0.25) is 5.02 Å². The molecule has 0 radical (unpaired) electrons. The van der Waals surface area contributed by atoms with Crippen molar-refractivity contribution in [3.8, 4) is 10.6 Å². The summed E-state index contributed by atoms with van der Waals surface area (Å²) in [6.45, 7) is 0. The fraction of sp³-hybridized carbons (Fsp3) is 0. The molecule has 0 bridgehead atoms. The highest BCUT2D eigenvalue weighted by atomic mass is 79.9. The quantitative estimate of drug-likeness (QED) is 0.882. The molecule has 0 atom stereocenters. The van der Waals surface area contributed by atoms with Crippen LogP contribution >= 0.6 is 38.9 Å². The molecule has 88 valence electrons. The third-order valence-corrected chi connectivity index (χ3v) is 3.74. The lowest BCUT2D eigenvalue weighted by atomic mass is 10.2. The second-order valence-corrected chi connectivity index (χ2v) is 5.51. The molecule has 0 fully saturated rings. The van der Waals surface area contributed by atoms with E-state index in [0.717, 1.165) is 15.8 Å². The number of nitrogens with two attached hydrogens (primary N) is 1. The number of hydrogen-bond donors (Lipinski definition) is 2. The number of benzene rings is 1. The van der Waals surface area contributed by atoms with Crippen LogP contribution in [0.25, 0.3) is 10.6 Å². The Morgan fingerprint density at radius 2 is 2.24 bits per heavy atom. The highest BCUT2D eigenvalue weighted by molar-refractivity contribution is 9.10. The monoisotopic (exact) mass is 332 g/mol. The van der Waals surface area contributed by atoms with Crippen LogP contribution in [0.1, 0.15) is 10.5 Å². The molecule has 2 aromatic rings. The molecule has 1 aromatic carbocycles. The van der Waals surface area contributed by atoms with Crippen molar-refractivity contribution in [2.24, 2.45) is 0 Å². The van der Waals surface area contributed by atoms with Crippen LogP contribution in [0, 0.1) is 0 Å². The van der Waals surface area contributed by atoms with Crippen LogP contribution in [0.4, 0.5) is 5.00 Å². The SMILES string of the molecule is Nc1sc(-c2ccc(Br)cc2Cl)nc1C(=O)O. The normalized spacial score (nSPS) is 10.5. The Morgan fingerprint density at radius 3 is 2.76 bits per heavy atom. The highest BCUT2D eigenvalue weighted by Crippen LogP contribution is 2.35. The van der Waals surface area contributed by atoms with E-state index in [4.69, 9.17) is 22.4 Å². The molecule has 4 nitrogen and oxygen atoms in total. The zero-order valence-electron chi connectivity index (χ0n) is 8.28. The lowest BCUT2D eigenvalue weighted by molar-refractivity contribution is 0.0692. The molecule has 0 aliphatic heterocycles. The summed E-state index contributed by atoms with van der Waals surface area (Å²) < 4.78 is 0.842. The van der Waals surface area contributed by atoms with E-state index in [1.807, 2.05) is 0 Å². The number of carboxylic acid groups (broad SMARTS) is 1. The number of carbonyl (C=O) groups is 1. The number of aromatic carboxylic acids is 1. The first-order valence-electron chi connectivity index (χ1n) is 4.44. The van der Waals surface area contributed by atoms with E-state index in [9.17, 15) is 4.79 Å². The number of nitrogen functional groups attached to an aromatic ring is 1. The fourth-order valence-electron chi connectivity index (χ4n) is 1.26. The maximum Gasteiger partial charge on any atom is 0.357 e. The molecule has 0 unspecified atom stereocenters. The lowest BCUT2D eigenvalue weighted by Crippen LogP contribution is -2.00. The number of carboxylic acids is 1. The number of rotatable bonds is 2. The van der Waals surface area contributed by atoms with Gasteiger partial charge in [0.1, 0.15) is 10.0 Å². The molecular weight excluding hydrogens is 328 g/mol. The molecule has 3 N–H and O–H groups in total. The van der Waals surface area contributed by atoms with Gasteiger partial charge in [-0.05, 0) is 18.2 Å². The predicted octanol–water partition coefficient (Wildman–Crippen LogP) is 3.51. The Labute approximate surface area is 114 Å². The van der Waals surface area contributed by atoms with Crippen molar-refractivity contribution in [3.63, 3.8) is 0 Å². The molecule has 1 heterocycles. The molecule has 1 aromatic heterocycles. The molecule has 0 spiro atoms. The van der Waals surface area contributed by atoms with Gasteiger partial charge in [-0.1, -0.05) is 38.9 Å². The average molecular weight is 334 g/mol. The minimum atomic E-state index is -1.14. The van der Waals surface area contributed by atoms with Gasteiger partial charge in [-0.25, -0.2) is 9.78 Å². The van der Waals surface area contributed by atoms with Crippen LogP contribution in [0.5, 0.6) is 0 Å². The van der Waals surface area contributed by atoms with E-state index >= 15 is 0 Å². The molecule has 2 rings (SSSR count). The zero-order valence-corrected chi connectivity index (χ0v) is 11.4. The topological polar surface area (TPSA) is 76.2 Å². The minimum absolute atomic E-state index is 0.135. The fourth-order valence-corrected chi connectivity index (χ4v) is 2.95. The van der Waals surface area contributed by atoms with E-state index in [0.29, 0.717) is 15.6 Å². The molecule has 0 saturated heterocycles. The van der Waals surface area contributed by atoms with E-state index in [-0.39, 0.29) is 10.7 Å². The smallest absolute Gasteiger partial charge is 0.357 e. The van der Waals surface area contributed by atoms with Gasteiger partial charge in [-0.3, -0.25) is 0 Å². The van der Waals surface area contributed by atoms with Crippen molar-refractivity contribution in [1.82, 2.24) is 4.98 Å². The Balaban J connectivity index is 2.53. The van der Waals surface area contributed by atoms with Crippen molar-refractivity contribution in [1.29, 1.82) is 0 Å². The summed E-state index contributed by atoms with van der Waals surface area (Å²) in [4.78, 5) is 14.8. The molecule has 0 aliphatic rings. The molecule has 17 heavy (non-hydrogen) atoms. The van der Waals surface area contributed by atoms with Crippen LogP contribution in [0.15, 0.2) is 22.7 Å². The van der Waals surface area contributed by atoms with Crippen LogP contribution < -0.4 is 5.73 Å². The van der Waals surface area contributed by atoms with Crippen LogP contribution in [0.3, 0.4) is 0 Å². The van der Waals surface area contributed by atoms with Crippen molar-refractivity contribution in [3.05, 3.63) is 33.4 Å². The standard InChI is InChI=1S/C10H6BrClN2O2S/c11-4-1-2-5(6(12)3-4)9-14-7(10(15)16)8(13)17-9/h1-3H,13H2,(H,15,16). The van der Waals surface area contributed by atoms with E-state index in [1.54, 1.807) is 18.2 Å². The van der Waals surface area contributed by atoms with Crippen molar-refractivity contribution < 1.29 is 9.90 Å². The third kappa shape index (κ3) is 2.43. The van der Waals surface area contributed by atoms with E-state index < -0.39 is 5.97 Å². The number of aromatic nitrogens is 1. The van der Waals surface area contributed by atoms with E-state index in [1.165, 1.54) is 0 Å². The first-order valence-corrected chi connectivity index (χ1v) is 6.43. The minimum Gasteiger partial charge on any atom is -0.476 e. The lowest BCUT2D eigenvalue weighted by Gasteiger charge is -2.00. The predicted molar refractivity (Wildman–Crippen MR) is 71.6 cm³/mol. The third-order valence-electron chi connectivity index (χ3n) is 2.02. The summed E-state index contributed by atoms with van der Waals surface area (Å²) in [6, 6.07) is 5.28. The van der Waals surface area contributed by atoms with Gasteiger partial charge in [0.2, 0.25) is 0 Å². The summed E-state index contributed by atoms with van der Waals surface area (Å²) in [5.74, 6) is -1.14. The Hall–Kier alpha value is -1.11. The molecular formula is C10H6BrClN2O2S. The maximum atomic E-state index is 10.8. The van der Waals surface area contributed by atoms with Crippen LogP contribution in [-0.2, 0) is 0 Å². The van der Waals surface area contributed by atoms with Crippen molar-refractivity contribution in [2.45, 2.75) is 0 Å². The van der Waals surface area contributed by atoms with Gasteiger partial charge in [-0.15, -0.1) is 0 Å². The van der Waals surface area contributed by atoms with Gasteiger partial charge in [0.15, 0.2) is 5.69 Å². The largest absolute Gasteiger partial charge is 0.476 e. The highest BCUT2D eigenvalue weighted by Gasteiger charge is 2.17. The number of hydrogen-bond acceptors (Lipinski definition) is 4.